The number of epoxide rings is 1. The molecule has 1 aromatic rings. The second-order valence-corrected chi connectivity index (χ2v) is 20.7. The monoisotopic (exact) mass is 815 g/mol. The van der Waals surface area contributed by atoms with Gasteiger partial charge in [-0.2, -0.15) is 0 Å². The van der Waals surface area contributed by atoms with Gasteiger partial charge in [-0.15, -0.1) is 0 Å². The van der Waals surface area contributed by atoms with Gasteiger partial charge in [0.15, 0.2) is 14.1 Å². The maximum Gasteiger partial charge on any atom is 0.358 e. The summed E-state index contributed by atoms with van der Waals surface area (Å²) in [5.41, 5.74) is -0.654. The Balaban J connectivity index is 1.68. The number of nitro benzene ring substituents is 1. The minimum Gasteiger partial charge on any atom is -0.457 e. The highest BCUT2D eigenvalue weighted by atomic mass is 28.4. The smallest absolute Gasteiger partial charge is 0.358 e. The molecule has 14 heteroatoms. The molecule has 0 radical (unpaired) electrons. The van der Waals surface area contributed by atoms with Crippen molar-refractivity contribution in [3.05, 3.63) is 70.3 Å². The van der Waals surface area contributed by atoms with Crippen molar-refractivity contribution in [1.29, 1.82) is 0 Å². The first-order chi connectivity index (χ1) is 26.9. The van der Waals surface area contributed by atoms with Gasteiger partial charge in [-0.3, -0.25) is 29.5 Å². The van der Waals surface area contributed by atoms with Gasteiger partial charge in [-0.05, 0) is 93.3 Å². The summed E-state index contributed by atoms with van der Waals surface area (Å²) in [5.74, 6) is -1.98. The molecule has 0 spiro atoms. The first kappa shape index (κ1) is 47.5. The quantitative estimate of drug-likeness (QED) is 0.0219. The number of non-ortho nitro benzene ring substituents is 1. The van der Waals surface area contributed by atoms with Crippen molar-refractivity contribution in [2.75, 3.05) is 0 Å². The van der Waals surface area contributed by atoms with Crippen LogP contribution in [0.5, 0.6) is 5.75 Å². The van der Waals surface area contributed by atoms with Crippen LogP contribution in [0.3, 0.4) is 0 Å². The predicted octanol–water partition coefficient (Wildman–Crippen LogP) is 8.75. The van der Waals surface area contributed by atoms with E-state index in [-0.39, 0.29) is 60.2 Å². The number of carbonyl (C=O) groups is 3. The Morgan fingerprint density at radius 2 is 1.74 bits per heavy atom. The Kier molecular flexibility index (Phi) is 18.2. The molecule has 1 fully saturated rings. The number of esters is 2. The van der Waals surface area contributed by atoms with Crippen molar-refractivity contribution >= 4 is 31.9 Å². The molecule has 3 rings (SSSR count). The van der Waals surface area contributed by atoms with Gasteiger partial charge in [0.25, 0.3) is 5.69 Å². The Bertz CT molecular complexity index is 1580. The van der Waals surface area contributed by atoms with Crippen LogP contribution in [-0.4, -0.2) is 72.4 Å². The predicted molar refractivity (Wildman–Crippen MR) is 218 cm³/mol. The molecule has 2 aliphatic rings. The number of hydrogen-bond acceptors (Lipinski definition) is 12. The Morgan fingerprint density at radius 3 is 2.32 bits per heavy atom. The number of cyclic esters (lactones) is 1. The fourth-order valence-electron chi connectivity index (χ4n) is 7.57. The minimum absolute atomic E-state index is 0.0351. The van der Waals surface area contributed by atoms with E-state index in [0.717, 1.165) is 30.1 Å². The van der Waals surface area contributed by atoms with Gasteiger partial charge in [0.1, 0.15) is 17.8 Å². The van der Waals surface area contributed by atoms with Gasteiger partial charge in [-0.25, -0.2) is 4.79 Å². The molecule has 318 valence electrons. The van der Waals surface area contributed by atoms with Gasteiger partial charge < -0.3 is 23.7 Å². The lowest BCUT2D eigenvalue weighted by molar-refractivity contribution is -0.384. The van der Waals surface area contributed by atoms with Crippen LogP contribution in [0.25, 0.3) is 0 Å². The Labute approximate surface area is 339 Å². The lowest BCUT2D eigenvalue weighted by Gasteiger charge is -2.36. The van der Waals surface area contributed by atoms with Gasteiger partial charge in [0, 0.05) is 25.0 Å². The lowest BCUT2D eigenvalue weighted by Crippen LogP contribution is -2.45. The molecule has 1 aromatic carbocycles. The van der Waals surface area contributed by atoms with E-state index in [1.165, 1.54) is 31.2 Å². The maximum absolute atomic E-state index is 13.6. The third-order valence-electron chi connectivity index (χ3n) is 11.6. The van der Waals surface area contributed by atoms with Crippen LogP contribution in [0.4, 0.5) is 5.69 Å². The number of carbonyl (C=O) groups excluding carboxylic acids is 3. The lowest BCUT2D eigenvalue weighted by atomic mass is 9.86. The number of ether oxygens (including phenoxy) is 3. The summed E-state index contributed by atoms with van der Waals surface area (Å²) in [6.45, 7) is 19.1. The first-order valence-corrected chi connectivity index (χ1v) is 23.0. The standard InChI is InChI=1S/C43H65NO12Si/c1-11-36(42(47)55-54-34-21-19-33(20-22-34)44(49)50)31(8)41-37(52-41)26-28(5)16-15-17-29(6)40-30(7)18-23-38(51-32(9)45)43(10,48)25-24-35(27-39(46)53-40)56-57(12-2,13-3)14-4/h15-23,28,30-31,35-38,40-41,48H,11-14,24-27H2,1-10H3. The highest BCUT2D eigenvalue weighted by molar-refractivity contribution is 6.73. The normalized spacial score (nSPS) is 27.6. The van der Waals surface area contributed by atoms with Crippen LogP contribution in [0.1, 0.15) is 101 Å². The van der Waals surface area contributed by atoms with Crippen LogP contribution >= 0.6 is 0 Å². The Hall–Kier alpha value is -3.85. The molecule has 10 atom stereocenters. The van der Waals surface area contributed by atoms with E-state index in [4.69, 9.17) is 28.4 Å². The number of nitro groups is 1. The maximum atomic E-state index is 13.6. The van der Waals surface area contributed by atoms with Crippen molar-refractivity contribution in [3.8, 4) is 5.75 Å². The third kappa shape index (κ3) is 14.2. The van der Waals surface area contributed by atoms with Crippen LogP contribution in [0, 0.1) is 33.8 Å². The molecule has 0 aromatic heterocycles. The summed E-state index contributed by atoms with van der Waals surface area (Å²) in [4.78, 5) is 59.2. The number of nitrogens with zero attached hydrogens (tertiary/aromatic N) is 1. The first-order valence-electron chi connectivity index (χ1n) is 20.5. The van der Waals surface area contributed by atoms with E-state index < -0.39 is 55.0 Å². The molecule has 0 bridgehead atoms. The average Bonchev–Trinajstić information content (AvgIpc) is 3.94. The summed E-state index contributed by atoms with van der Waals surface area (Å²) >= 11 is 0. The number of rotatable bonds is 18. The molecule has 2 heterocycles. The molecular weight excluding hydrogens is 751 g/mol. The van der Waals surface area contributed by atoms with E-state index >= 15 is 0 Å². The molecule has 57 heavy (non-hydrogen) atoms. The van der Waals surface area contributed by atoms with Crippen LogP contribution in [-0.2, 0) is 37.9 Å². The van der Waals surface area contributed by atoms with E-state index in [1.807, 2.05) is 45.9 Å². The molecule has 0 aliphatic carbocycles. The molecule has 1 N–H and O–H groups in total. The zero-order valence-corrected chi connectivity index (χ0v) is 36.4. The molecule has 0 saturated carbocycles. The fraction of sp³-hybridized carbons (Fsp3) is 0.651. The summed E-state index contributed by atoms with van der Waals surface area (Å²) in [7, 11) is -2.11. The summed E-state index contributed by atoms with van der Waals surface area (Å²) in [5, 5.41) is 22.4. The Morgan fingerprint density at radius 1 is 1.09 bits per heavy atom. The van der Waals surface area contributed by atoms with Gasteiger partial charge in [0.05, 0.1) is 35.6 Å². The third-order valence-corrected chi connectivity index (χ3v) is 16.3. The number of allylic oxidation sites excluding steroid dienone is 3. The van der Waals surface area contributed by atoms with E-state index in [1.54, 1.807) is 13.0 Å². The molecule has 0 amide bonds. The van der Waals surface area contributed by atoms with Gasteiger partial charge >= 0.3 is 17.9 Å². The highest BCUT2D eigenvalue weighted by Crippen LogP contribution is 2.39. The molecular formula is C43H65NO12Si. The van der Waals surface area contributed by atoms with Crippen LogP contribution in [0.15, 0.2) is 60.2 Å². The van der Waals surface area contributed by atoms with Crippen LogP contribution < -0.4 is 4.89 Å². The number of aliphatic hydroxyl groups is 1. The van der Waals surface area contributed by atoms with E-state index in [9.17, 15) is 29.6 Å². The molecule has 1 saturated heterocycles. The van der Waals surface area contributed by atoms with Crippen molar-refractivity contribution in [2.24, 2.45) is 23.7 Å². The summed E-state index contributed by atoms with van der Waals surface area (Å²) < 4.78 is 24.6. The average molecular weight is 816 g/mol. The highest BCUT2D eigenvalue weighted by Gasteiger charge is 2.47. The van der Waals surface area contributed by atoms with E-state index in [0.29, 0.717) is 12.8 Å². The zero-order chi connectivity index (χ0) is 42.5. The SMILES string of the molecule is CCC(C(=O)OOc1ccc([N+](=O)[O-])cc1)C(C)C1OC1CC(C)C=CC=C(C)C1OC(=O)CC(O[Si](CC)(CC)CC)CCC(C)(O)C(OC(C)=O)C=CC1C. The summed E-state index contributed by atoms with van der Waals surface area (Å²) in [6.07, 6.45) is 9.35. The topological polar surface area (TPSA) is 173 Å². The molecule has 10 unspecified atom stereocenters. The van der Waals surface area contributed by atoms with Gasteiger partial charge in [0.2, 0.25) is 0 Å². The largest absolute Gasteiger partial charge is 0.457 e. The number of benzene rings is 1. The van der Waals surface area contributed by atoms with Crippen molar-refractivity contribution in [3.63, 3.8) is 0 Å². The fourth-order valence-corrected chi connectivity index (χ4v) is 10.5. The van der Waals surface area contributed by atoms with Crippen molar-refractivity contribution in [1.82, 2.24) is 0 Å². The zero-order valence-electron chi connectivity index (χ0n) is 35.4. The summed E-state index contributed by atoms with van der Waals surface area (Å²) in [6, 6.07) is 8.01. The van der Waals surface area contributed by atoms with Crippen molar-refractivity contribution in [2.45, 2.75) is 156 Å². The van der Waals surface area contributed by atoms with E-state index in [2.05, 4.69) is 33.8 Å². The molecule has 13 nitrogen and oxygen atoms in total. The van der Waals surface area contributed by atoms with Gasteiger partial charge in [-0.1, -0.05) is 72.8 Å². The van der Waals surface area contributed by atoms with Crippen LogP contribution in [0.2, 0.25) is 18.1 Å². The number of hydrogen-bond donors (Lipinski definition) is 1. The minimum atomic E-state index is -2.11. The molecule has 2 aliphatic heterocycles. The van der Waals surface area contributed by atoms with Crippen molar-refractivity contribution < 1.29 is 52.8 Å². The second kappa shape index (κ2) is 21.8. The second-order valence-electron chi connectivity index (χ2n) is 16.0.